The van der Waals surface area contributed by atoms with Crippen LogP contribution in [0.25, 0.3) is 6.08 Å². The van der Waals surface area contributed by atoms with Gasteiger partial charge in [0.2, 0.25) is 0 Å². The lowest BCUT2D eigenvalue weighted by Gasteiger charge is -2.07. The van der Waals surface area contributed by atoms with E-state index in [0.29, 0.717) is 12.1 Å². The van der Waals surface area contributed by atoms with E-state index >= 15 is 0 Å². The normalized spacial score (nSPS) is 11.7. The summed E-state index contributed by atoms with van der Waals surface area (Å²) in [5.74, 6) is 0. The summed E-state index contributed by atoms with van der Waals surface area (Å²) in [4.78, 5) is 0. The van der Waals surface area contributed by atoms with Gasteiger partial charge in [0.25, 0.3) is 0 Å². The quantitative estimate of drug-likeness (QED) is 0.881. The van der Waals surface area contributed by atoms with E-state index in [2.05, 4.69) is 5.32 Å². The van der Waals surface area contributed by atoms with E-state index in [4.69, 9.17) is 5.26 Å². The third-order valence-corrected chi connectivity index (χ3v) is 2.12. The van der Waals surface area contributed by atoms with Crippen molar-refractivity contribution >= 4 is 6.08 Å². The standard InChI is InChI=1S/C12H11F3N2/c1-17-6-2-3-9-4-5-11(12(13,14)15)7-10(9)8-16/h2-5,7,17H,6H2,1H3. The van der Waals surface area contributed by atoms with Crippen LogP contribution in [-0.4, -0.2) is 13.6 Å². The van der Waals surface area contributed by atoms with E-state index < -0.39 is 11.7 Å². The number of rotatable bonds is 3. The van der Waals surface area contributed by atoms with Gasteiger partial charge >= 0.3 is 6.18 Å². The first-order valence-electron chi connectivity index (χ1n) is 4.91. The van der Waals surface area contributed by atoms with Crippen molar-refractivity contribution in [3.8, 4) is 6.07 Å². The van der Waals surface area contributed by atoms with Gasteiger partial charge in [0.1, 0.15) is 0 Å². The van der Waals surface area contributed by atoms with Crippen LogP contribution in [0.5, 0.6) is 0 Å². The van der Waals surface area contributed by atoms with E-state index in [1.54, 1.807) is 25.3 Å². The SMILES string of the molecule is CNCC=Cc1ccc(C(F)(F)F)cc1C#N. The molecule has 0 heterocycles. The van der Waals surface area contributed by atoms with E-state index in [0.717, 1.165) is 12.1 Å². The molecule has 2 nitrogen and oxygen atoms in total. The van der Waals surface area contributed by atoms with Crippen molar-refractivity contribution in [2.24, 2.45) is 0 Å². The first-order chi connectivity index (χ1) is 7.99. The maximum atomic E-state index is 12.4. The maximum Gasteiger partial charge on any atom is 0.416 e. The Balaban J connectivity index is 3.07. The monoisotopic (exact) mass is 240 g/mol. The molecule has 90 valence electrons. The molecule has 0 aromatic heterocycles. The molecule has 5 heteroatoms. The Morgan fingerprint density at radius 2 is 2.12 bits per heavy atom. The van der Waals surface area contributed by atoms with Crippen LogP contribution in [0.15, 0.2) is 24.3 Å². The average Bonchev–Trinajstić information content (AvgIpc) is 2.28. The minimum Gasteiger partial charge on any atom is -0.316 e. The van der Waals surface area contributed by atoms with Crippen molar-refractivity contribution < 1.29 is 13.2 Å². The maximum absolute atomic E-state index is 12.4. The van der Waals surface area contributed by atoms with Gasteiger partial charge in [-0.1, -0.05) is 18.2 Å². The Bertz CT molecular complexity index is 456. The van der Waals surface area contributed by atoms with Crippen molar-refractivity contribution in [2.45, 2.75) is 6.18 Å². The second-order valence-electron chi connectivity index (χ2n) is 3.37. The third-order valence-electron chi connectivity index (χ3n) is 2.12. The fraction of sp³-hybridized carbons (Fsp3) is 0.250. The van der Waals surface area contributed by atoms with Crippen LogP contribution < -0.4 is 5.32 Å². The summed E-state index contributed by atoms with van der Waals surface area (Å²) in [6.45, 7) is 0.589. The lowest BCUT2D eigenvalue weighted by molar-refractivity contribution is -0.137. The Kier molecular flexibility index (Phi) is 4.30. The second-order valence-corrected chi connectivity index (χ2v) is 3.37. The predicted molar refractivity (Wildman–Crippen MR) is 59.1 cm³/mol. The highest BCUT2D eigenvalue weighted by Gasteiger charge is 2.30. The minimum atomic E-state index is -4.42. The van der Waals surface area contributed by atoms with Gasteiger partial charge in [-0.15, -0.1) is 0 Å². The van der Waals surface area contributed by atoms with Gasteiger partial charge in [-0.05, 0) is 24.7 Å². The smallest absolute Gasteiger partial charge is 0.316 e. The number of hydrogen-bond donors (Lipinski definition) is 1. The molecular formula is C12H11F3N2. The van der Waals surface area contributed by atoms with Crippen molar-refractivity contribution in [1.29, 1.82) is 5.26 Å². The number of nitrogens with zero attached hydrogens (tertiary/aromatic N) is 1. The second kappa shape index (κ2) is 5.51. The summed E-state index contributed by atoms with van der Waals surface area (Å²) in [5.41, 5.74) is -0.303. The molecule has 0 atom stereocenters. The van der Waals surface area contributed by atoms with Crippen LogP contribution >= 0.6 is 0 Å². The Morgan fingerprint density at radius 3 is 2.65 bits per heavy atom. The lowest BCUT2D eigenvalue weighted by Crippen LogP contribution is -2.06. The molecule has 17 heavy (non-hydrogen) atoms. The van der Waals surface area contributed by atoms with Gasteiger partial charge < -0.3 is 5.32 Å². The van der Waals surface area contributed by atoms with Crippen molar-refractivity contribution in [2.75, 3.05) is 13.6 Å². The Labute approximate surface area is 97.4 Å². The fourth-order valence-electron chi connectivity index (χ4n) is 1.28. The first-order valence-corrected chi connectivity index (χ1v) is 4.91. The molecule has 1 aromatic carbocycles. The van der Waals surface area contributed by atoms with E-state index in [1.165, 1.54) is 6.07 Å². The van der Waals surface area contributed by atoms with Crippen molar-refractivity contribution in [3.05, 3.63) is 41.0 Å². The van der Waals surface area contributed by atoms with Gasteiger partial charge in [0.15, 0.2) is 0 Å². The molecule has 0 bridgehead atoms. The van der Waals surface area contributed by atoms with Crippen LogP contribution in [0.1, 0.15) is 16.7 Å². The number of likely N-dealkylation sites (N-methyl/N-ethyl adjacent to an activating group) is 1. The number of nitrogens with one attached hydrogen (secondary N) is 1. The molecule has 0 aliphatic heterocycles. The average molecular weight is 240 g/mol. The van der Waals surface area contributed by atoms with Gasteiger partial charge in [0.05, 0.1) is 17.2 Å². The molecule has 0 amide bonds. The Morgan fingerprint density at radius 1 is 1.41 bits per heavy atom. The minimum absolute atomic E-state index is 0.0205. The molecule has 0 unspecified atom stereocenters. The lowest BCUT2D eigenvalue weighted by atomic mass is 10.0. The van der Waals surface area contributed by atoms with Crippen LogP contribution in [0.4, 0.5) is 13.2 Å². The molecule has 0 radical (unpaired) electrons. The van der Waals surface area contributed by atoms with Crippen molar-refractivity contribution in [1.82, 2.24) is 5.32 Å². The number of alkyl halides is 3. The summed E-state index contributed by atoms with van der Waals surface area (Å²) >= 11 is 0. The zero-order valence-electron chi connectivity index (χ0n) is 9.17. The third kappa shape index (κ3) is 3.61. The molecule has 0 saturated carbocycles. The zero-order chi connectivity index (χ0) is 12.9. The molecule has 1 rings (SSSR count). The molecule has 0 fully saturated rings. The highest BCUT2D eigenvalue weighted by atomic mass is 19.4. The molecule has 0 saturated heterocycles. The molecule has 1 aromatic rings. The largest absolute Gasteiger partial charge is 0.416 e. The van der Waals surface area contributed by atoms with Gasteiger partial charge in [-0.2, -0.15) is 18.4 Å². The van der Waals surface area contributed by atoms with Gasteiger partial charge in [0, 0.05) is 6.54 Å². The molecule has 0 aliphatic rings. The summed E-state index contributed by atoms with van der Waals surface area (Å²) in [6.07, 6.45) is -1.06. The zero-order valence-corrected chi connectivity index (χ0v) is 9.17. The molecule has 0 spiro atoms. The van der Waals surface area contributed by atoms with Crippen LogP contribution in [0.3, 0.4) is 0 Å². The van der Waals surface area contributed by atoms with Crippen LogP contribution in [-0.2, 0) is 6.18 Å². The number of hydrogen-bond acceptors (Lipinski definition) is 2. The number of nitriles is 1. The van der Waals surface area contributed by atoms with Crippen LogP contribution in [0.2, 0.25) is 0 Å². The van der Waals surface area contributed by atoms with E-state index in [9.17, 15) is 13.2 Å². The van der Waals surface area contributed by atoms with Gasteiger partial charge in [-0.3, -0.25) is 0 Å². The summed E-state index contributed by atoms with van der Waals surface area (Å²) in [7, 11) is 1.75. The van der Waals surface area contributed by atoms with Gasteiger partial charge in [-0.25, -0.2) is 0 Å². The summed E-state index contributed by atoms with van der Waals surface area (Å²) in [6, 6.07) is 4.89. The van der Waals surface area contributed by atoms with Crippen molar-refractivity contribution in [3.63, 3.8) is 0 Å². The number of halogens is 3. The summed E-state index contributed by atoms with van der Waals surface area (Å²) < 4.78 is 37.2. The topological polar surface area (TPSA) is 35.8 Å². The Hall–Kier alpha value is -1.80. The molecule has 0 aliphatic carbocycles. The highest BCUT2D eigenvalue weighted by Crippen LogP contribution is 2.30. The number of benzene rings is 1. The van der Waals surface area contributed by atoms with Crippen LogP contribution in [0, 0.1) is 11.3 Å². The molecule has 1 N–H and O–H groups in total. The van der Waals surface area contributed by atoms with E-state index in [-0.39, 0.29) is 5.56 Å². The first kappa shape index (κ1) is 13.3. The van der Waals surface area contributed by atoms with E-state index in [1.807, 2.05) is 0 Å². The highest BCUT2D eigenvalue weighted by molar-refractivity contribution is 5.59. The summed E-state index contributed by atoms with van der Waals surface area (Å²) in [5, 5.41) is 11.7. The fourth-order valence-corrected chi connectivity index (χ4v) is 1.28. The molecular weight excluding hydrogens is 229 g/mol. The predicted octanol–water partition coefficient (Wildman–Crippen LogP) is 2.81.